The van der Waals surface area contributed by atoms with Crippen molar-refractivity contribution in [3.63, 3.8) is 0 Å². The first-order valence-corrected chi connectivity index (χ1v) is 12.2. The lowest BCUT2D eigenvalue weighted by Gasteiger charge is -2.11. The smallest absolute Gasteiger partial charge is 0.264 e. The summed E-state index contributed by atoms with van der Waals surface area (Å²) in [6, 6.07) is 18.0. The SMILES string of the molecule is CCOc1ccc(N=C2NC(=O)/C(=C\c3cc(Cl)c(OCc4ccc(Cl)cc4)c(Cl)c3)S2)cc1. The highest BCUT2D eigenvalue weighted by Gasteiger charge is 2.24. The third kappa shape index (κ3) is 6.27. The second kappa shape index (κ2) is 11.2. The van der Waals surface area contributed by atoms with Gasteiger partial charge in [-0.05, 0) is 84.4 Å². The van der Waals surface area contributed by atoms with Gasteiger partial charge in [0.25, 0.3) is 5.91 Å². The summed E-state index contributed by atoms with van der Waals surface area (Å²) in [6.07, 6.45) is 1.71. The van der Waals surface area contributed by atoms with E-state index in [0.29, 0.717) is 55.4 Å². The first kappa shape index (κ1) is 24.5. The maximum atomic E-state index is 12.4. The van der Waals surface area contributed by atoms with Crippen molar-refractivity contribution < 1.29 is 14.3 Å². The highest BCUT2D eigenvalue weighted by molar-refractivity contribution is 8.18. The Bertz CT molecular complexity index is 1240. The molecule has 34 heavy (non-hydrogen) atoms. The molecule has 0 saturated carbocycles. The topological polar surface area (TPSA) is 59.9 Å². The highest BCUT2D eigenvalue weighted by Crippen LogP contribution is 2.37. The number of nitrogens with one attached hydrogen (secondary N) is 1. The Kier molecular flexibility index (Phi) is 8.06. The van der Waals surface area contributed by atoms with Crippen molar-refractivity contribution >= 4 is 69.4 Å². The Hall–Kier alpha value is -2.64. The maximum absolute atomic E-state index is 12.4. The Balaban J connectivity index is 1.46. The van der Waals surface area contributed by atoms with E-state index in [1.807, 2.05) is 43.3 Å². The zero-order chi connectivity index (χ0) is 24.1. The van der Waals surface area contributed by atoms with Crippen molar-refractivity contribution in [2.45, 2.75) is 13.5 Å². The first-order chi connectivity index (χ1) is 16.4. The van der Waals surface area contributed by atoms with E-state index >= 15 is 0 Å². The Morgan fingerprint density at radius 1 is 0.971 bits per heavy atom. The standard InChI is InChI=1S/C25H19Cl3N2O3S/c1-2-32-19-9-7-18(8-10-19)29-25-30-24(31)22(34-25)13-16-11-20(27)23(21(28)12-16)33-14-15-3-5-17(26)6-4-15/h3-13H,2,14H2,1H3,(H,29,30,31)/b22-13+. The van der Waals surface area contributed by atoms with Crippen LogP contribution in [0.5, 0.6) is 11.5 Å². The number of amidine groups is 1. The van der Waals surface area contributed by atoms with Gasteiger partial charge < -0.3 is 14.8 Å². The molecule has 1 saturated heterocycles. The third-order valence-corrected chi connectivity index (χ3v) is 6.37. The lowest BCUT2D eigenvalue weighted by atomic mass is 10.2. The fraction of sp³-hybridized carbons (Fsp3) is 0.120. The molecule has 1 aliphatic heterocycles. The molecule has 5 nitrogen and oxygen atoms in total. The number of amides is 1. The third-order valence-electron chi connectivity index (χ3n) is 4.64. The maximum Gasteiger partial charge on any atom is 0.264 e. The van der Waals surface area contributed by atoms with Crippen LogP contribution in [0.3, 0.4) is 0 Å². The molecule has 1 amide bonds. The Labute approximate surface area is 216 Å². The van der Waals surface area contributed by atoms with Gasteiger partial charge in [-0.15, -0.1) is 0 Å². The molecule has 9 heteroatoms. The fourth-order valence-electron chi connectivity index (χ4n) is 3.07. The molecule has 0 atom stereocenters. The monoisotopic (exact) mass is 532 g/mol. The zero-order valence-electron chi connectivity index (χ0n) is 18.0. The van der Waals surface area contributed by atoms with Gasteiger partial charge in [0.1, 0.15) is 12.4 Å². The minimum Gasteiger partial charge on any atom is -0.494 e. The van der Waals surface area contributed by atoms with Crippen molar-refractivity contribution in [2.75, 3.05) is 6.61 Å². The van der Waals surface area contributed by atoms with Crippen molar-refractivity contribution in [1.82, 2.24) is 5.32 Å². The Morgan fingerprint density at radius 2 is 1.65 bits per heavy atom. The summed E-state index contributed by atoms with van der Waals surface area (Å²) in [5.41, 5.74) is 2.32. The number of carbonyl (C=O) groups excluding carboxylic acids is 1. The summed E-state index contributed by atoms with van der Waals surface area (Å²) >= 11 is 20.0. The second-order valence-electron chi connectivity index (χ2n) is 7.14. The number of halogens is 3. The van der Waals surface area contributed by atoms with Gasteiger partial charge in [-0.1, -0.05) is 46.9 Å². The van der Waals surface area contributed by atoms with Gasteiger partial charge in [0.2, 0.25) is 0 Å². The van der Waals surface area contributed by atoms with Crippen LogP contribution in [0.15, 0.2) is 70.6 Å². The highest BCUT2D eigenvalue weighted by atomic mass is 35.5. The molecule has 3 aromatic carbocycles. The summed E-state index contributed by atoms with van der Waals surface area (Å²) < 4.78 is 11.2. The molecule has 0 aliphatic carbocycles. The second-order valence-corrected chi connectivity index (χ2v) is 9.42. The summed E-state index contributed by atoms with van der Waals surface area (Å²) in [5.74, 6) is 0.899. The lowest BCUT2D eigenvalue weighted by molar-refractivity contribution is -0.115. The van der Waals surface area contributed by atoms with Gasteiger partial charge >= 0.3 is 0 Å². The van der Waals surface area contributed by atoms with E-state index in [9.17, 15) is 4.79 Å². The average molecular weight is 534 g/mol. The van der Waals surface area contributed by atoms with Crippen LogP contribution in [-0.4, -0.2) is 17.7 Å². The lowest BCUT2D eigenvalue weighted by Crippen LogP contribution is -2.19. The molecule has 4 rings (SSSR count). The van der Waals surface area contributed by atoms with Gasteiger partial charge in [-0.3, -0.25) is 4.79 Å². The van der Waals surface area contributed by atoms with Crippen LogP contribution in [0.1, 0.15) is 18.1 Å². The molecule has 174 valence electrons. The number of benzene rings is 3. The number of ether oxygens (including phenoxy) is 2. The predicted molar refractivity (Wildman–Crippen MR) is 141 cm³/mol. The number of nitrogens with zero attached hydrogens (tertiary/aromatic N) is 1. The van der Waals surface area contributed by atoms with E-state index in [2.05, 4.69) is 10.3 Å². The molecule has 1 fully saturated rings. The van der Waals surface area contributed by atoms with Crippen LogP contribution in [-0.2, 0) is 11.4 Å². The van der Waals surface area contributed by atoms with E-state index in [4.69, 9.17) is 44.3 Å². The molecule has 0 radical (unpaired) electrons. The van der Waals surface area contributed by atoms with E-state index in [1.54, 1.807) is 30.3 Å². The number of aliphatic imine (C=N–C) groups is 1. The number of thioether (sulfide) groups is 1. The van der Waals surface area contributed by atoms with Crippen molar-refractivity contribution in [3.05, 3.63) is 91.8 Å². The normalized spacial score (nSPS) is 15.6. The van der Waals surface area contributed by atoms with Crippen LogP contribution in [0.4, 0.5) is 5.69 Å². The summed E-state index contributed by atoms with van der Waals surface area (Å²) in [5, 5.41) is 4.60. The number of hydrogen-bond acceptors (Lipinski definition) is 5. The van der Waals surface area contributed by atoms with E-state index in [0.717, 1.165) is 11.3 Å². The summed E-state index contributed by atoms with van der Waals surface area (Å²) in [7, 11) is 0. The van der Waals surface area contributed by atoms with Gasteiger partial charge in [0, 0.05) is 5.02 Å². The van der Waals surface area contributed by atoms with Crippen molar-refractivity contribution in [2.24, 2.45) is 4.99 Å². The minimum absolute atomic E-state index is 0.245. The predicted octanol–water partition coefficient (Wildman–Crippen LogP) is 7.52. The van der Waals surface area contributed by atoms with Crippen LogP contribution in [0.2, 0.25) is 15.1 Å². The number of hydrogen-bond donors (Lipinski definition) is 1. The first-order valence-electron chi connectivity index (χ1n) is 10.3. The number of carbonyl (C=O) groups is 1. The zero-order valence-corrected chi connectivity index (χ0v) is 21.1. The van der Waals surface area contributed by atoms with Gasteiger partial charge in [-0.25, -0.2) is 4.99 Å². The molecule has 3 aromatic rings. The molecule has 0 unspecified atom stereocenters. The molecular formula is C25H19Cl3N2O3S. The molecule has 1 aliphatic rings. The van der Waals surface area contributed by atoms with E-state index in [1.165, 1.54) is 11.8 Å². The largest absolute Gasteiger partial charge is 0.494 e. The van der Waals surface area contributed by atoms with Gasteiger partial charge in [0.05, 0.1) is 27.2 Å². The summed E-state index contributed by atoms with van der Waals surface area (Å²) in [4.78, 5) is 17.4. The van der Waals surface area contributed by atoms with Gasteiger partial charge in [-0.2, -0.15) is 0 Å². The van der Waals surface area contributed by atoms with E-state index in [-0.39, 0.29) is 5.91 Å². The fourth-order valence-corrected chi connectivity index (χ4v) is 4.65. The van der Waals surface area contributed by atoms with Crippen LogP contribution < -0.4 is 14.8 Å². The van der Waals surface area contributed by atoms with Crippen LogP contribution in [0, 0.1) is 0 Å². The minimum atomic E-state index is -0.245. The molecule has 0 bridgehead atoms. The van der Waals surface area contributed by atoms with Crippen molar-refractivity contribution in [1.29, 1.82) is 0 Å². The quantitative estimate of drug-likeness (QED) is 0.319. The molecule has 0 aromatic heterocycles. The summed E-state index contributed by atoms with van der Waals surface area (Å²) in [6.45, 7) is 2.81. The molecular weight excluding hydrogens is 515 g/mol. The van der Waals surface area contributed by atoms with Crippen LogP contribution >= 0.6 is 46.6 Å². The number of rotatable bonds is 7. The molecule has 1 heterocycles. The van der Waals surface area contributed by atoms with E-state index < -0.39 is 0 Å². The average Bonchev–Trinajstić information content (AvgIpc) is 3.14. The molecule has 1 N–H and O–H groups in total. The molecule has 0 spiro atoms. The van der Waals surface area contributed by atoms with Crippen molar-refractivity contribution in [3.8, 4) is 11.5 Å². The van der Waals surface area contributed by atoms with Crippen LogP contribution in [0.25, 0.3) is 6.08 Å². The van der Waals surface area contributed by atoms with Gasteiger partial charge in [0.15, 0.2) is 10.9 Å². The Morgan fingerprint density at radius 3 is 2.29 bits per heavy atom.